The van der Waals surface area contributed by atoms with Crippen molar-refractivity contribution < 1.29 is 40.0 Å². The molecule has 12 heteroatoms. The predicted octanol–water partition coefficient (Wildman–Crippen LogP) is 6.50. The first-order valence-corrected chi connectivity index (χ1v) is 14.1. The van der Waals surface area contributed by atoms with E-state index in [4.69, 9.17) is 9.47 Å². The second-order valence-corrected chi connectivity index (χ2v) is 11.7. The molecule has 0 bridgehead atoms. The Kier molecular flexibility index (Phi) is 8.86. The number of hydrogen-bond donors (Lipinski definition) is 0. The van der Waals surface area contributed by atoms with Crippen LogP contribution in [-0.4, -0.2) is 35.5 Å². The normalized spacial score (nSPS) is 12.0. The first-order valence-electron chi connectivity index (χ1n) is 12.7. The Balaban J connectivity index is 1.78. The fraction of sp³-hybridized carbons (Fsp3) is 0.233. The number of nitrogens with zero attached hydrogens (tertiary/aromatic N) is 2. The van der Waals surface area contributed by atoms with Gasteiger partial charge in [0.2, 0.25) is 5.75 Å². The second-order valence-electron chi connectivity index (χ2n) is 10.1. The SMILES string of the molecule is CC(C)(C)OC(=O)c1nc(Cc2ccc(-c3ccccc3)cc2)nc(OS(=O)(=O)C(F)(F)F)c1OCc1ccccc1. The van der Waals surface area contributed by atoms with E-state index in [9.17, 15) is 26.4 Å². The molecule has 4 aromatic rings. The highest BCUT2D eigenvalue weighted by Gasteiger charge is 2.49. The van der Waals surface area contributed by atoms with Crippen LogP contribution in [0.15, 0.2) is 84.9 Å². The highest BCUT2D eigenvalue weighted by atomic mass is 32.2. The molecule has 4 rings (SSSR count). The first kappa shape index (κ1) is 30.5. The Labute approximate surface area is 241 Å². The first-order chi connectivity index (χ1) is 19.7. The van der Waals surface area contributed by atoms with Crippen molar-refractivity contribution >= 4 is 16.1 Å². The molecule has 0 amide bonds. The van der Waals surface area contributed by atoms with Gasteiger partial charge in [0.15, 0.2) is 5.69 Å². The van der Waals surface area contributed by atoms with E-state index in [0.717, 1.165) is 11.1 Å². The van der Waals surface area contributed by atoms with E-state index < -0.39 is 44.5 Å². The minimum atomic E-state index is -6.18. The summed E-state index contributed by atoms with van der Waals surface area (Å²) in [4.78, 5) is 21.4. The van der Waals surface area contributed by atoms with Crippen molar-refractivity contribution in [3.8, 4) is 22.8 Å². The highest BCUT2D eigenvalue weighted by Crippen LogP contribution is 2.35. The number of hydrogen-bond acceptors (Lipinski definition) is 8. The van der Waals surface area contributed by atoms with E-state index >= 15 is 0 Å². The van der Waals surface area contributed by atoms with Crippen molar-refractivity contribution in [1.29, 1.82) is 0 Å². The summed E-state index contributed by atoms with van der Waals surface area (Å²) in [5.41, 5.74) is -4.29. The molecule has 3 aromatic carbocycles. The van der Waals surface area contributed by atoms with Crippen LogP contribution in [0.2, 0.25) is 0 Å². The number of ether oxygens (including phenoxy) is 2. The summed E-state index contributed by atoms with van der Waals surface area (Å²) in [6, 6.07) is 25.2. The lowest BCUT2D eigenvalue weighted by Gasteiger charge is -2.21. The van der Waals surface area contributed by atoms with Gasteiger partial charge in [-0.25, -0.2) is 9.78 Å². The quantitative estimate of drug-likeness (QED) is 0.122. The van der Waals surface area contributed by atoms with E-state index in [1.807, 2.05) is 42.5 Å². The molecule has 0 radical (unpaired) electrons. The summed E-state index contributed by atoms with van der Waals surface area (Å²) in [6.45, 7) is 4.48. The third kappa shape index (κ3) is 7.84. The smallest absolute Gasteiger partial charge is 0.481 e. The Morgan fingerprint density at radius 3 is 1.93 bits per heavy atom. The third-order valence-corrected chi connectivity index (χ3v) is 6.54. The van der Waals surface area contributed by atoms with Gasteiger partial charge in [-0.15, -0.1) is 0 Å². The summed E-state index contributed by atoms with van der Waals surface area (Å²) in [6.07, 6.45) is -0.0771. The van der Waals surface area contributed by atoms with E-state index in [-0.39, 0.29) is 18.9 Å². The molecule has 0 spiro atoms. The van der Waals surface area contributed by atoms with Gasteiger partial charge >= 0.3 is 21.6 Å². The van der Waals surface area contributed by atoms with Crippen LogP contribution in [0.25, 0.3) is 11.1 Å². The lowest BCUT2D eigenvalue weighted by atomic mass is 10.0. The van der Waals surface area contributed by atoms with Gasteiger partial charge in [-0.05, 0) is 43.0 Å². The third-order valence-electron chi connectivity index (χ3n) is 5.59. The van der Waals surface area contributed by atoms with Crippen LogP contribution < -0.4 is 8.92 Å². The van der Waals surface area contributed by atoms with E-state index in [0.29, 0.717) is 11.1 Å². The zero-order valence-electron chi connectivity index (χ0n) is 22.9. The van der Waals surface area contributed by atoms with E-state index in [1.54, 1.807) is 63.2 Å². The number of aromatic nitrogens is 2. The number of carbonyl (C=O) groups is 1. The molecule has 1 heterocycles. The van der Waals surface area contributed by atoms with Crippen LogP contribution in [0.1, 0.15) is 48.2 Å². The van der Waals surface area contributed by atoms with Gasteiger partial charge in [0.25, 0.3) is 5.88 Å². The summed E-state index contributed by atoms with van der Waals surface area (Å²) in [5, 5.41) is 0. The average Bonchev–Trinajstić information content (AvgIpc) is 2.92. The van der Waals surface area contributed by atoms with Crippen molar-refractivity contribution in [1.82, 2.24) is 9.97 Å². The lowest BCUT2D eigenvalue weighted by Crippen LogP contribution is -2.29. The number of rotatable bonds is 9. The van der Waals surface area contributed by atoms with Gasteiger partial charge in [-0.2, -0.15) is 26.6 Å². The zero-order chi connectivity index (χ0) is 30.5. The fourth-order valence-electron chi connectivity index (χ4n) is 3.71. The average molecular weight is 601 g/mol. The Morgan fingerprint density at radius 2 is 1.36 bits per heavy atom. The molecule has 0 saturated carbocycles. The maximum Gasteiger partial charge on any atom is 0.534 e. The van der Waals surface area contributed by atoms with Crippen LogP contribution in [0.3, 0.4) is 0 Å². The molecule has 8 nitrogen and oxygen atoms in total. The van der Waals surface area contributed by atoms with Gasteiger partial charge in [-0.3, -0.25) is 0 Å². The van der Waals surface area contributed by atoms with Crippen molar-refractivity contribution in [3.05, 3.63) is 108 Å². The molecule has 42 heavy (non-hydrogen) atoms. The molecule has 0 unspecified atom stereocenters. The van der Waals surface area contributed by atoms with Gasteiger partial charge in [0.1, 0.15) is 18.0 Å². The molecular weight excluding hydrogens is 573 g/mol. The highest BCUT2D eigenvalue weighted by molar-refractivity contribution is 7.88. The monoisotopic (exact) mass is 600 g/mol. The lowest BCUT2D eigenvalue weighted by molar-refractivity contribution is -0.0502. The van der Waals surface area contributed by atoms with Crippen molar-refractivity contribution in [2.75, 3.05) is 0 Å². The molecule has 0 fully saturated rings. The Morgan fingerprint density at radius 1 is 0.786 bits per heavy atom. The van der Waals surface area contributed by atoms with Crippen LogP contribution in [-0.2, 0) is 27.9 Å². The largest absolute Gasteiger partial charge is 0.534 e. The summed E-state index contributed by atoms with van der Waals surface area (Å²) in [7, 11) is -6.18. The van der Waals surface area contributed by atoms with Crippen LogP contribution >= 0.6 is 0 Å². The van der Waals surface area contributed by atoms with Gasteiger partial charge in [-0.1, -0.05) is 84.9 Å². The number of alkyl halides is 3. The summed E-state index contributed by atoms with van der Waals surface area (Å²) in [5.74, 6) is -3.05. The van der Waals surface area contributed by atoms with Gasteiger partial charge in [0.05, 0.1) is 0 Å². The minimum Gasteiger partial charge on any atom is -0.481 e. The molecule has 0 aliphatic rings. The van der Waals surface area contributed by atoms with Crippen LogP contribution in [0, 0.1) is 0 Å². The topological polar surface area (TPSA) is 105 Å². The number of esters is 1. The van der Waals surface area contributed by atoms with Crippen LogP contribution in [0.5, 0.6) is 11.6 Å². The Bertz CT molecular complexity index is 1640. The molecule has 0 saturated heterocycles. The predicted molar refractivity (Wildman–Crippen MR) is 148 cm³/mol. The molecular formula is C30H27F3N2O6S. The molecule has 0 N–H and O–H groups in total. The van der Waals surface area contributed by atoms with Gasteiger partial charge < -0.3 is 13.7 Å². The van der Waals surface area contributed by atoms with Crippen molar-refractivity contribution in [2.24, 2.45) is 0 Å². The van der Waals surface area contributed by atoms with E-state index in [2.05, 4.69) is 14.2 Å². The second kappa shape index (κ2) is 12.2. The maximum absolute atomic E-state index is 13.3. The summed E-state index contributed by atoms with van der Waals surface area (Å²) >= 11 is 0. The van der Waals surface area contributed by atoms with Gasteiger partial charge in [0, 0.05) is 6.42 Å². The number of benzene rings is 3. The zero-order valence-corrected chi connectivity index (χ0v) is 23.7. The standard InChI is InChI=1S/C30H27F3N2O6S/c1-29(2,3)40-28(36)25-26(39-19-21-10-6-4-7-11-21)27(41-42(37,38)30(31,32)33)35-24(34-25)18-20-14-16-23(17-15-20)22-12-8-5-9-13-22/h4-17H,18-19H2,1-3H3. The maximum atomic E-state index is 13.3. The van der Waals surface area contributed by atoms with Crippen LogP contribution in [0.4, 0.5) is 13.2 Å². The molecule has 0 aliphatic heterocycles. The number of carbonyl (C=O) groups excluding carboxylic acids is 1. The van der Waals surface area contributed by atoms with E-state index in [1.165, 1.54) is 0 Å². The minimum absolute atomic E-state index is 0.0771. The summed E-state index contributed by atoms with van der Waals surface area (Å²) < 4.78 is 79.5. The van der Waals surface area contributed by atoms with Crippen molar-refractivity contribution in [2.45, 2.75) is 44.9 Å². The molecule has 1 aromatic heterocycles. The van der Waals surface area contributed by atoms with Crippen molar-refractivity contribution in [3.63, 3.8) is 0 Å². The Hall–Kier alpha value is -4.45. The molecule has 0 aliphatic carbocycles. The molecule has 0 atom stereocenters. The molecule has 220 valence electrons. The number of halogens is 3. The fourth-order valence-corrected chi connectivity index (χ4v) is 4.13.